The van der Waals surface area contributed by atoms with Crippen molar-refractivity contribution in [3.63, 3.8) is 0 Å². The summed E-state index contributed by atoms with van der Waals surface area (Å²) in [7, 11) is 1.79. The van der Waals surface area contributed by atoms with E-state index in [4.69, 9.17) is 39.2 Å². The number of unbranched alkanes of at least 4 members (excludes halogenated alkanes) is 2. The molecular weight excluding hydrogens is 937 g/mol. The topological polar surface area (TPSA) is 275 Å². The van der Waals surface area contributed by atoms with Crippen LogP contribution in [0, 0.1) is 10.8 Å². The lowest BCUT2D eigenvalue weighted by atomic mass is 10.3. The van der Waals surface area contributed by atoms with Crippen LogP contribution in [0.3, 0.4) is 0 Å². The number of nitrogens with one attached hydrogen (secondary N) is 5. The molecule has 1 aromatic heterocycles. The molecule has 5 N–H and O–H groups in total. The Hall–Kier alpha value is -5.32. The van der Waals surface area contributed by atoms with Gasteiger partial charge in [-0.3, -0.25) is 30.0 Å². The fraction of sp³-hybridized carbons (Fsp3) is 0.760. The van der Waals surface area contributed by atoms with Crippen molar-refractivity contribution in [1.29, 1.82) is 10.8 Å². The van der Waals surface area contributed by atoms with E-state index in [1.54, 1.807) is 54.7 Å². The van der Waals surface area contributed by atoms with Crippen molar-refractivity contribution in [2.75, 3.05) is 130 Å². The van der Waals surface area contributed by atoms with Crippen LogP contribution in [-0.2, 0) is 68.2 Å². The van der Waals surface area contributed by atoms with Gasteiger partial charge in [0.15, 0.2) is 11.8 Å². The summed E-state index contributed by atoms with van der Waals surface area (Å²) in [4.78, 5) is 64.4. The lowest BCUT2D eigenvalue weighted by Gasteiger charge is -2.30. The smallest absolute Gasteiger partial charge is 0.334 e. The number of H-pyrrole nitrogens is 1. The third-order valence-electron chi connectivity index (χ3n) is 8.24. The van der Waals surface area contributed by atoms with E-state index in [2.05, 4.69) is 58.5 Å². The molecule has 3 aliphatic rings. The summed E-state index contributed by atoms with van der Waals surface area (Å²) in [5, 5.41) is 20.3. The lowest BCUT2D eigenvalue weighted by molar-refractivity contribution is -0.142. The number of nitrogens with zero attached hydrogens (tertiary/aromatic N) is 3. The van der Waals surface area contributed by atoms with Crippen LogP contribution in [-0.4, -0.2) is 177 Å². The summed E-state index contributed by atoms with van der Waals surface area (Å²) >= 11 is 0. The zero-order valence-corrected chi connectivity index (χ0v) is 46.8. The lowest BCUT2D eigenvalue weighted by Crippen LogP contribution is -2.39. The van der Waals surface area contributed by atoms with E-state index >= 15 is 0 Å². The SMILES string of the molecule is C1COCCN1.CC.CC.CCCCC.CCOC(=N)CC(=O)OCC.CCOC(=N)CC(=O)OCC.CCOC(=O)/C=C(\NC)N1CCOCC1.CCOC=O.CCc1nc(N2CCOCC2)cc(=O)[nH]1. The molecule has 0 amide bonds. The van der Waals surface area contributed by atoms with E-state index in [-0.39, 0.29) is 36.2 Å². The molecule has 0 spiro atoms. The number of ether oxygens (including phenoxy) is 9. The number of esters is 3. The Bertz CT molecular complexity index is 1440. The molecule has 0 atom stereocenters. The van der Waals surface area contributed by atoms with Crippen molar-refractivity contribution < 1.29 is 61.8 Å². The van der Waals surface area contributed by atoms with E-state index in [0.717, 1.165) is 76.4 Å². The van der Waals surface area contributed by atoms with Crippen LogP contribution in [0.1, 0.15) is 128 Å². The molecule has 4 rings (SSSR count). The van der Waals surface area contributed by atoms with Gasteiger partial charge in [-0.1, -0.05) is 67.7 Å². The number of carbonyl (C=O) groups excluding carboxylic acids is 4. The van der Waals surface area contributed by atoms with Crippen LogP contribution in [0.15, 0.2) is 22.8 Å². The van der Waals surface area contributed by atoms with Crippen molar-refractivity contribution in [3.8, 4) is 0 Å². The van der Waals surface area contributed by atoms with Crippen molar-refractivity contribution in [2.24, 2.45) is 0 Å². The monoisotopic (exact) mass is 1030 g/mol. The fourth-order valence-corrected chi connectivity index (χ4v) is 5.11. The summed E-state index contributed by atoms with van der Waals surface area (Å²) in [5.41, 5.74) is -0.0802. The summed E-state index contributed by atoms with van der Waals surface area (Å²) in [6.45, 7) is 37.6. The maximum Gasteiger partial charge on any atom is 0.334 e. The van der Waals surface area contributed by atoms with Crippen LogP contribution in [0.2, 0.25) is 0 Å². The number of aromatic nitrogens is 2. The molecule has 72 heavy (non-hydrogen) atoms. The van der Waals surface area contributed by atoms with Crippen LogP contribution in [0.25, 0.3) is 0 Å². The molecule has 4 heterocycles. The van der Waals surface area contributed by atoms with Crippen molar-refractivity contribution >= 4 is 42.0 Å². The molecule has 3 saturated heterocycles. The Morgan fingerprint density at radius 3 is 1.44 bits per heavy atom. The van der Waals surface area contributed by atoms with Crippen LogP contribution in [0.4, 0.5) is 5.82 Å². The largest absolute Gasteiger partial charge is 0.481 e. The number of rotatable bonds is 18. The van der Waals surface area contributed by atoms with E-state index in [9.17, 15) is 24.0 Å². The second-order valence-electron chi connectivity index (χ2n) is 13.6. The molecule has 0 aromatic carbocycles. The highest BCUT2D eigenvalue weighted by Gasteiger charge is 2.15. The first kappa shape index (κ1) is 75.6. The summed E-state index contributed by atoms with van der Waals surface area (Å²) in [6, 6.07) is 1.55. The van der Waals surface area contributed by atoms with Gasteiger partial charge in [0, 0.05) is 58.8 Å². The zero-order valence-electron chi connectivity index (χ0n) is 46.8. The van der Waals surface area contributed by atoms with Crippen LogP contribution in [0.5, 0.6) is 0 Å². The van der Waals surface area contributed by atoms with Gasteiger partial charge in [0.1, 0.15) is 30.3 Å². The van der Waals surface area contributed by atoms with Gasteiger partial charge in [-0.15, -0.1) is 0 Å². The molecule has 3 fully saturated rings. The average Bonchev–Trinajstić information content (AvgIpc) is 3.39. The third kappa shape index (κ3) is 51.0. The Labute approximate surface area is 432 Å². The minimum atomic E-state index is -0.411. The fourth-order valence-electron chi connectivity index (χ4n) is 5.11. The number of carbonyl (C=O) groups is 4. The molecule has 0 aliphatic carbocycles. The predicted molar refractivity (Wildman–Crippen MR) is 284 cm³/mol. The summed E-state index contributed by atoms with van der Waals surface area (Å²) < 4.78 is 43.2. The second-order valence-corrected chi connectivity index (χ2v) is 13.6. The number of aryl methyl sites for hydroxylation is 1. The minimum absolute atomic E-state index is 0.0362. The van der Waals surface area contributed by atoms with Crippen molar-refractivity contribution in [1.82, 2.24) is 25.5 Å². The minimum Gasteiger partial charge on any atom is -0.481 e. The average molecular weight is 1040 g/mol. The highest BCUT2D eigenvalue weighted by Crippen LogP contribution is 2.10. The summed E-state index contributed by atoms with van der Waals surface area (Å²) in [6.07, 6.45) is 6.17. The van der Waals surface area contributed by atoms with Gasteiger partial charge in [-0.25, -0.2) is 9.78 Å². The molecule has 422 valence electrons. The number of hydrogen-bond acceptors (Lipinski definition) is 21. The maximum atomic E-state index is 11.4. The zero-order chi connectivity index (χ0) is 55.6. The van der Waals surface area contributed by atoms with Gasteiger partial charge in [0.2, 0.25) is 0 Å². The second kappa shape index (κ2) is 60.0. The first-order valence-corrected chi connectivity index (χ1v) is 25.7. The molecule has 22 nitrogen and oxygen atoms in total. The number of morpholine rings is 3. The van der Waals surface area contributed by atoms with Gasteiger partial charge < -0.3 is 68.0 Å². The highest BCUT2D eigenvalue weighted by atomic mass is 16.5. The van der Waals surface area contributed by atoms with Crippen molar-refractivity contribution in [3.05, 3.63) is 34.1 Å². The highest BCUT2D eigenvalue weighted by molar-refractivity contribution is 5.93. The van der Waals surface area contributed by atoms with Crippen LogP contribution < -0.4 is 21.1 Å². The Morgan fingerprint density at radius 2 is 1.12 bits per heavy atom. The Morgan fingerprint density at radius 1 is 0.681 bits per heavy atom. The summed E-state index contributed by atoms with van der Waals surface area (Å²) in [5.74, 6) is 1.08. The van der Waals surface area contributed by atoms with Gasteiger partial charge in [-0.2, -0.15) is 0 Å². The van der Waals surface area contributed by atoms with E-state index in [1.165, 1.54) is 25.3 Å². The molecule has 1 aromatic rings. The van der Waals surface area contributed by atoms with Gasteiger partial charge in [0.25, 0.3) is 12.0 Å². The predicted octanol–water partition coefficient (Wildman–Crippen LogP) is 6.05. The van der Waals surface area contributed by atoms with E-state index in [1.807, 2.05) is 34.6 Å². The maximum absolute atomic E-state index is 11.4. The molecular formula is C50H98N8O14. The number of anilines is 1. The Balaban J connectivity index is -0.000000248. The van der Waals surface area contributed by atoms with Gasteiger partial charge in [-0.05, 0) is 41.5 Å². The normalized spacial score (nSPS) is 13.1. The molecule has 0 saturated carbocycles. The third-order valence-corrected chi connectivity index (χ3v) is 8.24. The molecule has 0 radical (unpaired) electrons. The first-order chi connectivity index (χ1) is 34.8. The molecule has 0 bridgehead atoms. The van der Waals surface area contributed by atoms with E-state index in [0.29, 0.717) is 72.5 Å². The first-order valence-electron chi connectivity index (χ1n) is 25.7. The molecule has 22 heteroatoms. The number of hydrogen-bond donors (Lipinski definition) is 5. The Kier molecular flexibility index (Phi) is 63.0. The number of aromatic amines is 1. The van der Waals surface area contributed by atoms with Gasteiger partial charge in [0.05, 0.1) is 85.4 Å². The van der Waals surface area contributed by atoms with E-state index < -0.39 is 11.9 Å². The van der Waals surface area contributed by atoms with Crippen LogP contribution >= 0.6 is 0 Å². The van der Waals surface area contributed by atoms with Crippen molar-refractivity contribution in [2.45, 2.75) is 129 Å². The molecule has 3 aliphatic heterocycles. The quantitative estimate of drug-likeness (QED) is 0.0279. The molecule has 0 unspecified atom stereocenters. The standard InChI is InChI=1S/C10H15N3O2.C10H18N2O3.2C7H13NO3.C5H12.C4H9NO.C3H6O2.2C2H6/c1-2-8-11-9(7-10(14)12-8)13-3-5-15-6-4-13;1-3-15-10(13)8-9(11-2)12-4-6-14-7-5-12;2*1-3-10-6(8)5-7(9)11-4-2;1-3-5-4-2;1-3-6-4-2-5-1;1-2-5-3-4;2*1-2/h7H,2-6H2,1H3,(H,11,12,14);8,11H,3-7H2,1-2H3;2*8H,3-5H2,1-2H3;3-5H2,1-2H3;5H,1-4H2;3H,2H2,1H3;2*1-2H3/b;9-8+;;;;;;;. The van der Waals surface area contributed by atoms with Gasteiger partial charge >= 0.3 is 17.9 Å².